The number of amides is 1. The van der Waals surface area contributed by atoms with Crippen LogP contribution in [0.25, 0.3) is 10.9 Å². The molecule has 1 saturated heterocycles. The number of aliphatic carboxylic acids is 1. The summed E-state index contributed by atoms with van der Waals surface area (Å²) in [6.45, 7) is 0.525. The monoisotopic (exact) mass is 284 g/mol. The number of nitrogens with zero attached hydrogens (tertiary/aromatic N) is 2. The Morgan fingerprint density at radius 1 is 1.33 bits per heavy atom. The molecular formula is C16H16N2O3. The van der Waals surface area contributed by atoms with E-state index in [-0.39, 0.29) is 12.3 Å². The molecule has 108 valence electrons. The number of fused-ring (bicyclic) bond motifs is 1. The number of benzene rings is 1. The fraction of sp³-hybridized carbons (Fsp3) is 0.312. The normalized spacial score (nSPS) is 18.1. The van der Waals surface area contributed by atoms with Gasteiger partial charge in [-0.3, -0.25) is 9.78 Å². The number of rotatable bonds is 3. The summed E-state index contributed by atoms with van der Waals surface area (Å²) in [6, 6.07) is 8.98. The second kappa shape index (κ2) is 5.52. The Balaban J connectivity index is 1.78. The van der Waals surface area contributed by atoms with Crippen molar-refractivity contribution in [3.63, 3.8) is 0 Å². The summed E-state index contributed by atoms with van der Waals surface area (Å²) in [5, 5.41) is 10.1. The van der Waals surface area contributed by atoms with Crippen LogP contribution in [0.15, 0.2) is 36.5 Å². The van der Waals surface area contributed by atoms with Gasteiger partial charge in [-0.1, -0.05) is 18.2 Å². The zero-order valence-corrected chi connectivity index (χ0v) is 11.5. The molecule has 1 amide bonds. The number of aromatic nitrogens is 1. The van der Waals surface area contributed by atoms with Crippen molar-refractivity contribution >= 4 is 22.8 Å². The summed E-state index contributed by atoms with van der Waals surface area (Å²) < 4.78 is 0. The zero-order valence-electron chi connectivity index (χ0n) is 11.5. The van der Waals surface area contributed by atoms with E-state index in [2.05, 4.69) is 4.98 Å². The molecule has 3 rings (SSSR count). The van der Waals surface area contributed by atoms with Crippen LogP contribution in [-0.2, 0) is 16.0 Å². The Morgan fingerprint density at radius 2 is 2.14 bits per heavy atom. The molecule has 2 heterocycles. The molecule has 0 radical (unpaired) electrons. The van der Waals surface area contributed by atoms with E-state index in [9.17, 15) is 9.59 Å². The Morgan fingerprint density at radius 3 is 2.95 bits per heavy atom. The van der Waals surface area contributed by atoms with Gasteiger partial charge < -0.3 is 10.0 Å². The number of pyridine rings is 1. The SMILES string of the molecule is O=C(O)[C@@H]1CCCN1C(=O)Cc1cnc2ccccc2c1. The summed E-state index contributed by atoms with van der Waals surface area (Å²) in [4.78, 5) is 29.2. The first-order valence-corrected chi connectivity index (χ1v) is 7.01. The standard InChI is InChI=1S/C16H16N2O3/c19-15(18-7-3-6-14(18)16(20)21)9-11-8-12-4-1-2-5-13(12)17-10-11/h1-2,4-5,8,10,14H,3,6-7,9H2,(H,20,21)/t14-/m0/s1. The lowest BCUT2D eigenvalue weighted by molar-refractivity contribution is -0.148. The molecule has 5 heteroatoms. The summed E-state index contributed by atoms with van der Waals surface area (Å²) in [5.74, 6) is -1.06. The van der Waals surface area contributed by atoms with Gasteiger partial charge in [0.15, 0.2) is 0 Å². The van der Waals surface area contributed by atoms with Crippen LogP contribution in [0.4, 0.5) is 0 Å². The minimum absolute atomic E-state index is 0.142. The first-order chi connectivity index (χ1) is 10.1. The maximum absolute atomic E-state index is 12.3. The minimum Gasteiger partial charge on any atom is -0.480 e. The number of hydrogen-bond donors (Lipinski definition) is 1. The van der Waals surface area contributed by atoms with E-state index in [1.54, 1.807) is 6.20 Å². The fourth-order valence-electron chi connectivity index (χ4n) is 2.81. The molecule has 0 unspecified atom stereocenters. The van der Waals surface area contributed by atoms with Gasteiger partial charge >= 0.3 is 5.97 Å². The van der Waals surface area contributed by atoms with Crippen molar-refractivity contribution in [3.05, 3.63) is 42.1 Å². The molecule has 1 aromatic heterocycles. The molecular weight excluding hydrogens is 268 g/mol. The van der Waals surface area contributed by atoms with E-state index in [0.717, 1.165) is 22.9 Å². The summed E-state index contributed by atoms with van der Waals surface area (Å²) >= 11 is 0. The average molecular weight is 284 g/mol. The second-order valence-electron chi connectivity index (χ2n) is 5.30. The highest BCUT2D eigenvalue weighted by atomic mass is 16.4. The summed E-state index contributed by atoms with van der Waals surface area (Å²) in [7, 11) is 0. The third kappa shape index (κ3) is 2.72. The largest absolute Gasteiger partial charge is 0.480 e. The molecule has 1 aliphatic heterocycles. The van der Waals surface area contributed by atoms with Crippen LogP contribution in [0.5, 0.6) is 0 Å². The molecule has 0 bridgehead atoms. The van der Waals surface area contributed by atoms with Crippen LogP contribution in [0, 0.1) is 0 Å². The van der Waals surface area contributed by atoms with Crippen molar-refractivity contribution in [1.29, 1.82) is 0 Å². The third-order valence-corrected chi connectivity index (χ3v) is 3.86. The topological polar surface area (TPSA) is 70.5 Å². The van der Waals surface area contributed by atoms with Crippen molar-refractivity contribution in [2.24, 2.45) is 0 Å². The molecule has 21 heavy (non-hydrogen) atoms. The maximum atomic E-state index is 12.3. The highest BCUT2D eigenvalue weighted by Crippen LogP contribution is 2.20. The van der Waals surface area contributed by atoms with Gasteiger partial charge in [0.05, 0.1) is 11.9 Å². The minimum atomic E-state index is -0.919. The summed E-state index contributed by atoms with van der Waals surface area (Å²) in [6.07, 6.45) is 3.17. The number of hydrogen-bond acceptors (Lipinski definition) is 3. The number of para-hydroxylation sites is 1. The lowest BCUT2D eigenvalue weighted by Gasteiger charge is -2.21. The zero-order chi connectivity index (χ0) is 14.8. The van der Waals surface area contributed by atoms with Crippen LogP contribution < -0.4 is 0 Å². The van der Waals surface area contributed by atoms with E-state index in [1.807, 2.05) is 30.3 Å². The summed E-state index contributed by atoms with van der Waals surface area (Å²) in [5.41, 5.74) is 1.70. The van der Waals surface area contributed by atoms with Crippen molar-refractivity contribution in [2.45, 2.75) is 25.3 Å². The van der Waals surface area contributed by atoms with Gasteiger partial charge in [-0.2, -0.15) is 0 Å². The fourth-order valence-corrected chi connectivity index (χ4v) is 2.81. The van der Waals surface area contributed by atoms with Gasteiger partial charge in [0, 0.05) is 18.1 Å². The highest BCUT2D eigenvalue weighted by Gasteiger charge is 2.33. The molecule has 5 nitrogen and oxygen atoms in total. The third-order valence-electron chi connectivity index (χ3n) is 3.86. The van der Waals surface area contributed by atoms with E-state index in [0.29, 0.717) is 13.0 Å². The van der Waals surface area contributed by atoms with Gasteiger partial charge in [0.1, 0.15) is 6.04 Å². The van der Waals surface area contributed by atoms with Gasteiger partial charge in [0.25, 0.3) is 0 Å². The molecule has 0 saturated carbocycles. The molecule has 2 aromatic rings. The molecule has 1 N–H and O–H groups in total. The Bertz CT molecular complexity index is 699. The van der Waals surface area contributed by atoms with Crippen molar-refractivity contribution < 1.29 is 14.7 Å². The van der Waals surface area contributed by atoms with E-state index < -0.39 is 12.0 Å². The number of carboxylic acids is 1. The first kappa shape index (κ1) is 13.5. The van der Waals surface area contributed by atoms with Crippen LogP contribution >= 0.6 is 0 Å². The number of carbonyl (C=O) groups excluding carboxylic acids is 1. The van der Waals surface area contributed by atoms with Gasteiger partial charge in [-0.05, 0) is 30.5 Å². The molecule has 0 spiro atoms. The quantitative estimate of drug-likeness (QED) is 0.933. The van der Waals surface area contributed by atoms with Crippen LogP contribution in [0.2, 0.25) is 0 Å². The van der Waals surface area contributed by atoms with Gasteiger partial charge in [-0.25, -0.2) is 4.79 Å². The highest BCUT2D eigenvalue weighted by molar-refractivity contribution is 5.86. The average Bonchev–Trinajstić information content (AvgIpc) is 2.97. The molecule has 1 aliphatic rings. The Labute approximate surface area is 122 Å². The van der Waals surface area contributed by atoms with E-state index in [4.69, 9.17) is 5.11 Å². The van der Waals surface area contributed by atoms with Gasteiger partial charge in [-0.15, -0.1) is 0 Å². The van der Waals surface area contributed by atoms with Crippen LogP contribution in [0.1, 0.15) is 18.4 Å². The number of carbonyl (C=O) groups is 2. The number of carboxylic acid groups (broad SMARTS) is 1. The molecule has 1 aromatic carbocycles. The van der Waals surface area contributed by atoms with Crippen LogP contribution in [-0.4, -0.2) is 39.5 Å². The van der Waals surface area contributed by atoms with E-state index in [1.165, 1.54) is 4.90 Å². The van der Waals surface area contributed by atoms with Crippen molar-refractivity contribution in [1.82, 2.24) is 9.88 Å². The van der Waals surface area contributed by atoms with Crippen molar-refractivity contribution in [2.75, 3.05) is 6.54 Å². The predicted octanol–water partition coefficient (Wildman–Crippen LogP) is 1.85. The molecule has 1 atom stereocenters. The second-order valence-corrected chi connectivity index (χ2v) is 5.30. The number of likely N-dealkylation sites (tertiary alicyclic amines) is 1. The van der Waals surface area contributed by atoms with Crippen molar-refractivity contribution in [3.8, 4) is 0 Å². The Hall–Kier alpha value is -2.43. The molecule has 1 fully saturated rings. The lowest BCUT2D eigenvalue weighted by Crippen LogP contribution is -2.41. The maximum Gasteiger partial charge on any atom is 0.326 e. The first-order valence-electron chi connectivity index (χ1n) is 7.01. The Kier molecular flexibility index (Phi) is 3.56. The van der Waals surface area contributed by atoms with Crippen LogP contribution in [0.3, 0.4) is 0 Å². The predicted molar refractivity (Wildman–Crippen MR) is 77.8 cm³/mol. The van der Waals surface area contributed by atoms with E-state index >= 15 is 0 Å². The smallest absolute Gasteiger partial charge is 0.326 e. The van der Waals surface area contributed by atoms with Gasteiger partial charge in [0.2, 0.25) is 5.91 Å². The molecule has 0 aliphatic carbocycles. The lowest BCUT2D eigenvalue weighted by atomic mass is 10.1.